The van der Waals surface area contributed by atoms with Gasteiger partial charge in [-0.1, -0.05) is 12.1 Å². The van der Waals surface area contributed by atoms with E-state index in [1.54, 1.807) is 16.4 Å². The third-order valence-electron chi connectivity index (χ3n) is 7.41. The lowest BCUT2D eigenvalue weighted by Crippen LogP contribution is -2.50. The van der Waals surface area contributed by atoms with E-state index in [1.165, 1.54) is 25.9 Å². The number of nitrogens with zero attached hydrogens (tertiary/aromatic N) is 3. The van der Waals surface area contributed by atoms with Crippen LogP contribution < -0.4 is 5.56 Å². The van der Waals surface area contributed by atoms with E-state index in [1.807, 2.05) is 18.2 Å². The predicted octanol–water partition coefficient (Wildman–Crippen LogP) is 1.99. The minimum Gasteiger partial charge on any atom is -0.321 e. The maximum Gasteiger partial charge on any atom is 0.256 e. The van der Waals surface area contributed by atoms with E-state index in [2.05, 4.69) is 14.8 Å². The van der Waals surface area contributed by atoms with E-state index >= 15 is 0 Å². The lowest BCUT2D eigenvalue weighted by molar-refractivity contribution is 0.168. The van der Waals surface area contributed by atoms with Gasteiger partial charge in [0, 0.05) is 67.4 Å². The number of aromatic nitrogens is 1. The fraction of sp³-hybridized carbons (Fsp3) is 0.458. The van der Waals surface area contributed by atoms with E-state index < -0.39 is 10.0 Å². The third-order valence-corrected chi connectivity index (χ3v) is 9.39. The molecule has 1 aromatic heterocycles. The van der Waals surface area contributed by atoms with Gasteiger partial charge in [-0.25, -0.2) is 8.42 Å². The summed E-state index contributed by atoms with van der Waals surface area (Å²) in [5, 5.41) is 2.43. The molecule has 3 aliphatic rings. The quantitative estimate of drug-likeness (QED) is 0.469. The van der Waals surface area contributed by atoms with Crippen molar-refractivity contribution in [1.29, 1.82) is 0 Å². The standard InChI is InChI=1S/C24H28N4O3S/c29-24-18-5-3-4-17-16-19-21(7-6-20(25-24)23(19)22(17)18)32(30,31)28-14-12-27(13-15-28)11-10-26-8-1-2-9-26/h3-7H,1-2,8-16H2,(H,25,29). The summed E-state index contributed by atoms with van der Waals surface area (Å²) < 4.78 is 29.0. The molecule has 2 aromatic carbocycles. The van der Waals surface area contributed by atoms with Crippen LogP contribution in [0, 0.1) is 0 Å². The molecule has 0 saturated carbocycles. The topological polar surface area (TPSA) is 76.7 Å². The molecule has 0 atom stereocenters. The van der Waals surface area contributed by atoms with Gasteiger partial charge in [-0.05, 0) is 55.3 Å². The van der Waals surface area contributed by atoms with Gasteiger partial charge < -0.3 is 9.88 Å². The lowest BCUT2D eigenvalue weighted by atomic mass is 10.1. The zero-order chi connectivity index (χ0) is 21.9. The first-order valence-electron chi connectivity index (χ1n) is 11.6. The van der Waals surface area contributed by atoms with Crippen LogP contribution in [0.2, 0.25) is 0 Å². The Balaban J connectivity index is 1.27. The summed E-state index contributed by atoms with van der Waals surface area (Å²) in [4.78, 5) is 20.7. The largest absolute Gasteiger partial charge is 0.321 e. The van der Waals surface area contributed by atoms with Gasteiger partial charge in [0.25, 0.3) is 5.56 Å². The van der Waals surface area contributed by atoms with Crippen LogP contribution in [0.5, 0.6) is 0 Å². The van der Waals surface area contributed by atoms with Crippen molar-refractivity contribution in [3.8, 4) is 0 Å². The highest BCUT2D eigenvalue weighted by Crippen LogP contribution is 2.39. The molecule has 0 amide bonds. The number of aromatic amines is 1. The molecular weight excluding hydrogens is 424 g/mol. The van der Waals surface area contributed by atoms with Crippen molar-refractivity contribution in [2.75, 3.05) is 52.4 Å². The van der Waals surface area contributed by atoms with Crippen molar-refractivity contribution in [2.45, 2.75) is 24.2 Å². The molecule has 2 fully saturated rings. The van der Waals surface area contributed by atoms with Gasteiger partial charge in [-0.3, -0.25) is 9.69 Å². The molecule has 32 heavy (non-hydrogen) atoms. The number of nitrogens with one attached hydrogen (secondary N) is 1. The van der Waals surface area contributed by atoms with Crippen LogP contribution in [-0.4, -0.2) is 79.9 Å². The number of hydrogen-bond donors (Lipinski definition) is 1. The van der Waals surface area contributed by atoms with Gasteiger partial charge in [0.15, 0.2) is 0 Å². The monoisotopic (exact) mass is 452 g/mol. The number of piperazine rings is 1. The summed E-state index contributed by atoms with van der Waals surface area (Å²) in [7, 11) is -3.59. The molecule has 3 heterocycles. The van der Waals surface area contributed by atoms with Crippen molar-refractivity contribution >= 4 is 31.7 Å². The number of hydrogen-bond acceptors (Lipinski definition) is 5. The molecule has 0 unspecified atom stereocenters. The third kappa shape index (κ3) is 3.20. The van der Waals surface area contributed by atoms with Crippen molar-refractivity contribution in [3.05, 3.63) is 51.8 Å². The summed E-state index contributed by atoms with van der Waals surface area (Å²) in [5.41, 5.74) is 2.44. The first-order valence-corrected chi connectivity index (χ1v) is 13.0. The molecule has 7 nitrogen and oxygen atoms in total. The predicted molar refractivity (Wildman–Crippen MR) is 126 cm³/mol. The Morgan fingerprint density at radius 1 is 0.844 bits per heavy atom. The Kier molecular flexibility index (Phi) is 4.87. The Bertz CT molecular complexity index is 1370. The molecule has 168 valence electrons. The van der Waals surface area contributed by atoms with Crippen molar-refractivity contribution in [1.82, 2.24) is 19.1 Å². The average molecular weight is 453 g/mol. The van der Waals surface area contributed by atoms with Crippen molar-refractivity contribution in [2.24, 2.45) is 0 Å². The highest BCUT2D eigenvalue weighted by Gasteiger charge is 2.33. The number of sulfonamides is 1. The zero-order valence-corrected chi connectivity index (χ0v) is 19.0. The molecule has 8 heteroatoms. The molecule has 1 aliphatic carbocycles. The number of pyridine rings is 1. The van der Waals surface area contributed by atoms with Crippen LogP contribution in [0.1, 0.15) is 24.0 Å². The van der Waals surface area contributed by atoms with Gasteiger partial charge in [-0.2, -0.15) is 4.31 Å². The Morgan fingerprint density at radius 2 is 1.56 bits per heavy atom. The summed E-state index contributed by atoms with van der Waals surface area (Å²) in [6.07, 6.45) is 3.14. The van der Waals surface area contributed by atoms with Crippen LogP contribution in [0.3, 0.4) is 0 Å². The maximum atomic E-state index is 13.7. The molecule has 2 saturated heterocycles. The van der Waals surface area contributed by atoms with Crippen molar-refractivity contribution < 1.29 is 8.42 Å². The SMILES string of the molecule is O=c1[nH]c2ccc(S(=O)(=O)N3CCN(CCN4CCCC4)CC3)c3c2c2c(cccc12)C3. The van der Waals surface area contributed by atoms with Gasteiger partial charge in [-0.15, -0.1) is 0 Å². The smallest absolute Gasteiger partial charge is 0.256 e. The van der Waals surface area contributed by atoms with Crippen molar-refractivity contribution in [3.63, 3.8) is 0 Å². The fourth-order valence-electron chi connectivity index (χ4n) is 5.67. The minimum atomic E-state index is -3.59. The number of rotatable bonds is 5. The molecule has 0 bridgehead atoms. The normalized spacial score (nSPS) is 20.2. The Hall–Kier alpha value is -2.26. The van der Waals surface area contributed by atoms with E-state index in [9.17, 15) is 13.2 Å². The van der Waals surface area contributed by atoms with E-state index in [0.29, 0.717) is 35.3 Å². The second-order valence-corrected chi connectivity index (χ2v) is 11.1. The highest BCUT2D eigenvalue weighted by molar-refractivity contribution is 7.89. The van der Waals surface area contributed by atoms with E-state index in [0.717, 1.165) is 48.1 Å². The Morgan fingerprint density at radius 3 is 2.31 bits per heavy atom. The maximum absolute atomic E-state index is 13.7. The molecule has 0 radical (unpaired) electrons. The molecule has 0 spiro atoms. The first-order chi connectivity index (χ1) is 15.5. The Labute approximate surface area is 187 Å². The summed E-state index contributed by atoms with van der Waals surface area (Å²) in [5.74, 6) is 0. The van der Waals surface area contributed by atoms with Gasteiger partial charge >= 0.3 is 0 Å². The first kappa shape index (κ1) is 20.4. The van der Waals surface area contributed by atoms with Gasteiger partial charge in [0.05, 0.1) is 4.90 Å². The molecular formula is C24H28N4O3S. The average Bonchev–Trinajstić information content (AvgIpc) is 3.45. The summed E-state index contributed by atoms with van der Waals surface area (Å²) in [6.45, 7) is 7.06. The number of likely N-dealkylation sites (tertiary alicyclic amines) is 1. The van der Waals surface area contributed by atoms with Gasteiger partial charge in [0.2, 0.25) is 10.0 Å². The van der Waals surface area contributed by atoms with Crippen LogP contribution in [-0.2, 0) is 16.4 Å². The second kappa shape index (κ2) is 7.66. The van der Waals surface area contributed by atoms with E-state index in [-0.39, 0.29) is 5.56 Å². The van der Waals surface area contributed by atoms with Crippen LogP contribution in [0.15, 0.2) is 40.0 Å². The van der Waals surface area contributed by atoms with Crippen LogP contribution in [0.4, 0.5) is 0 Å². The molecule has 2 aliphatic heterocycles. The molecule has 6 rings (SSSR count). The lowest BCUT2D eigenvalue weighted by Gasteiger charge is -2.35. The summed E-state index contributed by atoms with van der Waals surface area (Å²) in [6, 6.07) is 9.12. The minimum absolute atomic E-state index is 0.122. The molecule has 1 N–H and O–H groups in total. The second-order valence-electron chi connectivity index (χ2n) is 9.23. The summed E-state index contributed by atoms with van der Waals surface area (Å²) >= 11 is 0. The van der Waals surface area contributed by atoms with E-state index in [4.69, 9.17) is 0 Å². The zero-order valence-electron chi connectivity index (χ0n) is 18.1. The van der Waals surface area contributed by atoms with Crippen LogP contribution >= 0.6 is 0 Å². The van der Waals surface area contributed by atoms with Gasteiger partial charge in [0.1, 0.15) is 0 Å². The highest BCUT2D eigenvalue weighted by atomic mass is 32.2. The molecule has 3 aromatic rings. The fourth-order valence-corrected chi connectivity index (χ4v) is 7.32. The van der Waals surface area contributed by atoms with Crippen LogP contribution in [0.25, 0.3) is 21.7 Å². The number of benzene rings is 2. The number of H-pyrrole nitrogens is 1.